The van der Waals surface area contributed by atoms with E-state index in [0.717, 1.165) is 19.8 Å². The number of nitrogens with two attached hydrogens (primary N) is 1. The largest absolute Gasteiger partial charge is 0.372 e. The minimum absolute atomic E-state index is 0.336. The lowest BCUT2D eigenvalue weighted by Crippen LogP contribution is -2.62. The van der Waals surface area contributed by atoms with Gasteiger partial charge in [-0.25, -0.2) is 5.43 Å². The minimum atomic E-state index is 0.336. The molecular formula is C10H15N4S+. The molecule has 5 heteroatoms. The molecule has 0 spiro atoms. The van der Waals surface area contributed by atoms with Gasteiger partial charge in [-0.3, -0.25) is 5.32 Å². The van der Waals surface area contributed by atoms with Crippen molar-refractivity contribution in [3.63, 3.8) is 0 Å². The summed E-state index contributed by atoms with van der Waals surface area (Å²) in [6.45, 7) is 2.72. The Morgan fingerprint density at radius 3 is 2.67 bits per heavy atom. The number of thiocarbonyl (C=S) groups is 1. The molecule has 4 N–H and O–H groups in total. The number of hydrogen-bond donors (Lipinski definition) is 3. The quantitative estimate of drug-likeness (QED) is 0.499. The predicted octanol–water partition coefficient (Wildman–Crippen LogP) is 0.303. The lowest BCUT2D eigenvalue weighted by atomic mass is 10.3. The molecule has 0 radical (unpaired) electrons. The third-order valence-electron chi connectivity index (χ3n) is 2.63. The molecule has 0 aromatic heterocycles. The van der Waals surface area contributed by atoms with E-state index in [4.69, 9.17) is 18.0 Å². The lowest BCUT2D eigenvalue weighted by Gasteiger charge is -2.31. The Morgan fingerprint density at radius 1 is 1.40 bits per heavy atom. The third-order valence-corrected chi connectivity index (χ3v) is 2.72. The van der Waals surface area contributed by atoms with Crippen molar-refractivity contribution in [1.29, 1.82) is 0 Å². The molecule has 0 amide bonds. The van der Waals surface area contributed by atoms with E-state index in [1.165, 1.54) is 5.69 Å². The summed E-state index contributed by atoms with van der Waals surface area (Å²) in [5.41, 5.74) is 9.90. The van der Waals surface area contributed by atoms with Crippen LogP contribution in [0.1, 0.15) is 0 Å². The molecule has 15 heavy (non-hydrogen) atoms. The maximum Gasteiger partial charge on any atom is 0.211 e. The fraction of sp³-hybridized carbons (Fsp3) is 0.300. The second-order valence-electron chi connectivity index (χ2n) is 3.66. The van der Waals surface area contributed by atoms with E-state index in [0.29, 0.717) is 9.70 Å². The minimum Gasteiger partial charge on any atom is -0.372 e. The first-order valence-electron chi connectivity index (χ1n) is 4.94. The van der Waals surface area contributed by atoms with Crippen molar-refractivity contribution in [2.24, 2.45) is 5.73 Å². The second-order valence-corrected chi connectivity index (χ2v) is 4.10. The number of rotatable bonds is 2. The Bertz CT molecular complexity index is 346. The average Bonchev–Trinajstić information content (AvgIpc) is 2.68. The van der Waals surface area contributed by atoms with Gasteiger partial charge in [0, 0.05) is 12.1 Å². The fourth-order valence-electron chi connectivity index (χ4n) is 1.92. The highest BCUT2D eigenvalue weighted by atomic mass is 32.1. The molecule has 1 fully saturated rings. The Morgan fingerprint density at radius 2 is 2.13 bits per heavy atom. The zero-order valence-corrected chi connectivity index (χ0v) is 9.26. The van der Waals surface area contributed by atoms with E-state index >= 15 is 0 Å². The van der Waals surface area contributed by atoms with E-state index in [-0.39, 0.29) is 0 Å². The molecule has 1 aromatic rings. The molecule has 1 atom stereocenters. The molecule has 4 nitrogen and oxygen atoms in total. The Hall–Kier alpha value is -1.17. The van der Waals surface area contributed by atoms with Crippen LogP contribution in [0.15, 0.2) is 30.3 Å². The van der Waals surface area contributed by atoms with E-state index in [9.17, 15) is 0 Å². The molecule has 2 rings (SSSR count). The van der Waals surface area contributed by atoms with Crippen molar-refractivity contribution in [2.45, 2.75) is 0 Å². The van der Waals surface area contributed by atoms with Crippen LogP contribution in [0.2, 0.25) is 0 Å². The van der Waals surface area contributed by atoms with E-state index in [2.05, 4.69) is 22.9 Å². The molecule has 0 bridgehead atoms. The number of hydrogen-bond acceptors (Lipinski definition) is 2. The summed E-state index contributed by atoms with van der Waals surface area (Å²) >= 11 is 4.93. The van der Waals surface area contributed by atoms with Gasteiger partial charge in [0.25, 0.3) is 0 Å². The highest BCUT2D eigenvalue weighted by molar-refractivity contribution is 7.80. The first-order valence-corrected chi connectivity index (χ1v) is 5.35. The molecule has 1 heterocycles. The van der Waals surface area contributed by atoms with E-state index < -0.39 is 0 Å². The summed E-state index contributed by atoms with van der Waals surface area (Å²) in [6, 6.07) is 10.2. The first-order chi connectivity index (χ1) is 7.23. The number of quaternary nitrogens is 1. The average molecular weight is 223 g/mol. The fourth-order valence-corrected chi connectivity index (χ4v) is 2.10. The first kappa shape index (κ1) is 10.4. The van der Waals surface area contributed by atoms with Crippen LogP contribution in [0.5, 0.6) is 0 Å². The number of nitrogens with one attached hydrogen (secondary N) is 2. The van der Waals surface area contributed by atoms with Crippen molar-refractivity contribution in [1.82, 2.24) is 15.3 Å². The van der Waals surface area contributed by atoms with Crippen molar-refractivity contribution in [2.75, 3.05) is 19.8 Å². The van der Waals surface area contributed by atoms with Gasteiger partial charge < -0.3 is 5.73 Å². The van der Waals surface area contributed by atoms with Crippen LogP contribution in [0, 0.1) is 0 Å². The lowest BCUT2D eigenvalue weighted by molar-refractivity contribution is 0.289. The Balaban J connectivity index is 2.30. The van der Waals surface area contributed by atoms with Crippen molar-refractivity contribution < 1.29 is 0 Å². The zero-order chi connectivity index (χ0) is 10.7. The number of benzene rings is 1. The van der Waals surface area contributed by atoms with Gasteiger partial charge >= 0.3 is 0 Å². The monoisotopic (exact) mass is 223 g/mol. The highest BCUT2D eigenvalue weighted by Crippen LogP contribution is 2.20. The van der Waals surface area contributed by atoms with E-state index in [1.54, 1.807) is 0 Å². The molecule has 1 aliphatic heterocycles. The Kier molecular flexibility index (Phi) is 2.86. The smallest absolute Gasteiger partial charge is 0.211 e. The standard InChI is InChI=1S/C10H14N4S/c11-10(15)13-14(7-6-12-8-14)9-4-2-1-3-5-9/h1-5,12H,6-8H2,(H2-,11,13,15)/p+1. The summed E-state index contributed by atoms with van der Waals surface area (Å²) in [7, 11) is 0. The van der Waals surface area contributed by atoms with Crippen LogP contribution in [0.4, 0.5) is 5.69 Å². The molecule has 1 saturated heterocycles. The molecule has 0 saturated carbocycles. The van der Waals surface area contributed by atoms with Gasteiger partial charge in [0.05, 0.1) is 6.54 Å². The zero-order valence-electron chi connectivity index (χ0n) is 8.44. The topological polar surface area (TPSA) is 50.1 Å². The third kappa shape index (κ3) is 2.09. The van der Waals surface area contributed by atoms with Crippen LogP contribution in [-0.4, -0.2) is 24.9 Å². The van der Waals surface area contributed by atoms with Crippen molar-refractivity contribution in [3.8, 4) is 0 Å². The van der Waals surface area contributed by atoms with E-state index in [1.807, 2.05) is 18.2 Å². The summed E-state index contributed by atoms with van der Waals surface area (Å²) in [6.07, 6.45) is 0. The Labute approximate surface area is 94.6 Å². The van der Waals surface area contributed by atoms with Gasteiger partial charge in [-0.2, -0.15) is 4.59 Å². The van der Waals surface area contributed by atoms with Crippen LogP contribution < -0.4 is 21.1 Å². The summed E-state index contributed by atoms with van der Waals surface area (Å²) in [5, 5.41) is 3.65. The van der Waals surface area contributed by atoms with Gasteiger partial charge in [0.15, 0.2) is 12.4 Å². The van der Waals surface area contributed by atoms with Crippen molar-refractivity contribution in [3.05, 3.63) is 30.3 Å². The molecule has 1 unspecified atom stereocenters. The molecule has 1 aromatic carbocycles. The number of para-hydroxylation sites is 1. The summed E-state index contributed by atoms with van der Waals surface area (Å²) in [4.78, 5) is 0. The highest BCUT2D eigenvalue weighted by Gasteiger charge is 2.35. The summed E-state index contributed by atoms with van der Waals surface area (Å²) < 4.78 is 0.593. The van der Waals surface area contributed by atoms with Gasteiger partial charge in [-0.15, -0.1) is 0 Å². The van der Waals surface area contributed by atoms with Crippen LogP contribution >= 0.6 is 12.2 Å². The molecule has 80 valence electrons. The summed E-state index contributed by atoms with van der Waals surface area (Å²) in [5.74, 6) is 0. The molecule has 1 aliphatic rings. The predicted molar refractivity (Wildman–Crippen MR) is 65.9 cm³/mol. The SMILES string of the molecule is NC(=S)N[N+]1(c2ccccc2)CCNC1. The maximum atomic E-state index is 5.57. The number of nitrogens with zero attached hydrogens (tertiary/aromatic N) is 1. The molecule has 0 aliphatic carbocycles. The van der Waals surface area contributed by atoms with Gasteiger partial charge in [0.1, 0.15) is 6.54 Å². The van der Waals surface area contributed by atoms with Crippen molar-refractivity contribution >= 4 is 23.0 Å². The van der Waals surface area contributed by atoms with Gasteiger partial charge in [-0.1, -0.05) is 18.2 Å². The molecular weight excluding hydrogens is 208 g/mol. The van der Waals surface area contributed by atoms with Crippen LogP contribution in [-0.2, 0) is 0 Å². The second kappa shape index (κ2) is 4.14. The van der Waals surface area contributed by atoms with Crippen LogP contribution in [0.3, 0.4) is 0 Å². The van der Waals surface area contributed by atoms with Gasteiger partial charge in [-0.05, 0) is 12.2 Å². The maximum absolute atomic E-state index is 5.57. The van der Waals surface area contributed by atoms with Gasteiger partial charge in [0.2, 0.25) is 5.11 Å². The normalized spacial score (nSPS) is 25.1. The van der Waals surface area contributed by atoms with Crippen LogP contribution in [0.25, 0.3) is 0 Å².